The van der Waals surface area contributed by atoms with E-state index in [1.807, 2.05) is 140 Å². The van der Waals surface area contributed by atoms with Gasteiger partial charge in [0.15, 0.2) is 0 Å². The Morgan fingerprint density at radius 2 is 0.712 bits per heavy atom. The van der Waals surface area contributed by atoms with Gasteiger partial charge in [-0.05, 0) is 79.7 Å². The first-order chi connectivity index (χ1) is 24.1. The minimum Gasteiger partial charge on any atom is -0.872 e. The molecule has 0 unspecified atom stereocenters. The quantitative estimate of drug-likeness (QED) is 0.152. The molecule has 7 nitrogen and oxygen atoms in total. The van der Waals surface area contributed by atoms with Crippen molar-refractivity contribution >= 4 is 39.2 Å². The maximum absolute atomic E-state index is 10.8. The Balaban J connectivity index is 0.000000226. The Morgan fingerprint density at radius 3 is 0.981 bits per heavy atom. The van der Waals surface area contributed by atoms with Gasteiger partial charge in [-0.25, -0.2) is 9.97 Å². The zero-order valence-corrected chi connectivity index (χ0v) is 32.2. The van der Waals surface area contributed by atoms with Gasteiger partial charge in [-0.3, -0.25) is 0 Å². The van der Waals surface area contributed by atoms with Crippen LogP contribution in [0, 0.1) is 55.4 Å². The van der Waals surface area contributed by atoms with E-state index in [-0.39, 0.29) is 46.1 Å². The van der Waals surface area contributed by atoms with Crippen molar-refractivity contribution in [2.24, 2.45) is 0 Å². The number of nitrogens with zero attached hydrogens (tertiary/aromatic N) is 2. The third-order valence-electron chi connectivity index (χ3n) is 7.71. The van der Waals surface area contributed by atoms with Crippen LogP contribution in [0.25, 0.3) is 21.8 Å². The van der Waals surface area contributed by atoms with Gasteiger partial charge in [-0.2, -0.15) is 0 Å². The molecule has 0 fully saturated rings. The van der Waals surface area contributed by atoms with Crippen LogP contribution in [0.4, 0.5) is 0 Å². The minimum atomic E-state index is 0. The fourth-order valence-corrected chi connectivity index (χ4v) is 4.58. The number of hydrogen-bond acceptors (Lipinski definition) is 7. The Kier molecular flexibility index (Phi) is 16.7. The van der Waals surface area contributed by atoms with Gasteiger partial charge in [-0.1, -0.05) is 124 Å². The van der Waals surface area contributed by atoms with Gasteiger partial charge in [-0.15, -0.1) is 17.2 Å². The van der Waals surface area contributed by atoms with E-state index < -0.39 is 0 Å². The number of aromatic nitrogens is 2. The van der Waals surface area contributed by atoms with Crippen LogP contribution in [-0.2, 0) is 0 Å². The normalized spacial score (nSPS) is 9.77. The summed E-state index contributed by atoms with van der Waals surface area (Å²) in [4.78, 5) is 8.45. The number of phenols is 2. The first-order valence-corrected chi connectivity index (χ1v) is 16.5. The van der Waals surface area contributed by atoms with Crippen molar-refractivity contribution in [3.05, 3.63) is 160 Å². The number of fused-ring (bicyclic) bond motifs is 2. The molecule has 0 aliphatic carbocycles. The molecule has 0 bridgehead atoms. The fourth-order valence-electron chi connectivity index (χ4n) is 4.58. The van der Waals surface area contributed by atoms with E-state index in [9.17, 15) is 25.5 Å². The molecule has 0 atom stereocenters. The van der Waals surface area contributed by atoms with Crippen LogP contribution in [0.5, 0.6) is 28.7 Å². The largest absolute Gasteiger partial charge is 3.00 e. The minimum absolute atomic E-state index is 0. The number of rotatable bonds is 0. The summed E-state index contributed by atoms with van der Waals surface area (Å²) in [5, 5.41) is 53.3. The summed E-state index contributed by atoms with van der Waals surface area (Å²) in [7, 11) is 0. The summed E-state index contributed by atoms with van der Waals surface area (Å²) < 4.78 is 0. The molecule has 0 aliphatic rings. The second-order valence-corrected chi connectivity index (χ2v) is 12.4. The van der Waals surface area contributed by atoms with Gasteiger partial charge in [0, 0.05) is 22.2 Å². The molecule has 0 radical (unpaired) electrons. The summed E-state index contributed by atoms with van der Waals surface area (Å²) >= 11 is 0. The summed E-state index contributed by atoms with van der Waals surface area (Å²) in [6.45, 7) is 15.0. The topological polar surface area (TPSA) is 135 Å². The van der Waals surface area contributed by atoms with Gasteiger partial charge in [0.25, 0.3) is 0 Å². The fraction of sp³-hybridized carbons (Fsp3) is 0.182. The standard InChI is InChI=1S/2C10H9NO.3C8H10O.Al/c2*1-7-5-6-8-3-2-4-9(12)10(8)11-7;3*1-6-3-4-7(2)8(9)5-6;/h2*2-6,12H,1H3;3*3-5,9H,1-2H3;/q;;;;;+3/p-3. The Bertz CT molecular complexity index is 2020. The van der Waals surface area contributed by atoms with Gasteiger partial charge in [0.2, 0.25) is 0 Å². The van der Waals surface area contributed by atoms with Crippen molar-refractivity contribution in [2.45, 2.75) is 55.4 Å². The van der Waals surface area contributed by atoms with E-state index in [0.717, 1.165) is 55.5 Å². The van der Waals surface area contributed by atoms with Crippen LogP contribution < -0.4 is 15.3 Å². The number of hydrogen-bond donors (Lipinski definition) is 2. The molecule has 8 heteroatoms. The number of aromatic hydroxyl groups is 2. The molecule has 0 amide bonds. The summed E-state index contributed by atoms with van der Waals surface area (Å²) in [5.41, 5.74) is 8.76. The second-order valence-electron chi connectivity index (χ2n) is 12.4. The molecule has 264 valence electrons. The Morgan fingerprint density at radius 1 is 0.404 bits per heavy atom. The molecule has 7 rings (SSSR count). The van der Waals surface area contributed by atoms with Gasteiger partial charge in [0.05, 0.1) is 0 Å². The zero-order valence-electron chi connectivity index (χ0n) is 31.1. The maximum atomic E-state index is 10.8. The van der Waals surface area contributed by atoms with E-state index in [1.54, 1.807) is 30.3 Å². The maximum Gasteiger partial charge on any atom is 3.00 e. The van der Waals surface area contributed by atoms with E-state index >= 15 is 0 Å². The molecule has 2 heterocycles. The predicted octanol–water partition coefficient (Wildman–Crippen LogP) is 8.25. The number of aryl methyl sites for hydroxylation is 8. The SMILES string of the molecule is Cc1ccc(C)c([O-])c1.Cc1ccc(C)c([O-])c1.Cc1ccc(C)c([O-])c1.Cc1ccc2cccc(O)c2n1.Cc1ccc2cccc(O)c2n1.[Al+3]. The average molecular weight is 709 g/mol. The van der Waals surface area contributed by atoms with Crippen molar-refractivity contribution in [2.75, 3.05) is 0 Å². The monoisotopic (exact) mass is 708 g/mol. The van der Waals surface area contributed by atoms with E-state index in [2.05, 4.69) is 9.97 Å². The molecule has 0 saturated heterocycles. The van der Waals surface area contributed by atoms with Crippen LogP contribution >= 0.6 is 0 Å². The van der Waals surface area contributed by atoms with Crippen LogP contribution in [0.1, 0.15) is 44.8 Å². The first kappa shape index (κ1) is 42.6. The van der Waals surface area contributed by atoms with E-state index in [4.69, 9.17) is 0 Å². The average Bonchev–Trinajstić information content (AvgIpc) is 3.09. The zero-order chi connectivity index (χ0) is 37.7. The Hall–Kier alpha value is -5.55. The number of benzene rings is 5. The first-order valence-electron chi connectivity index (χ1n) is 16.5. The van der Waals surface area contributed by atoms with Crippen molar-refractivity contribution in [1.29, 1.82) is 0 Å². The molecular weight excluding hydrogens is 663 g/mol. The molecule has 7 aromatic rings. The van der Waals surface area contributed by atoms with Crippen LogP contribution in [-0.4, -0.2) is 37.5 Å². The third kappa shape index (κ3) is 13.3. The smallest absolute Gasteiger partial charge is 0.872 e. The molecule has 2 N–H and O–H groups in total. The summed E-state index contributed by atoms with van der Waals surface area (Å²) in [6.07, 6.45) is 0. The van der Waals surface area contributed by atoms with Gasteiger partial charge >= 0.3 is 17.4 Å². The van der Waals surface area contributed by atoms with Gasteiger partial charge in [0.1, 0.15) is 22.5 Å². The van der Waals surface area contributed by atoms with Crippen molar-refractivity contribution in [3.63, 3.8) is 0 Å². The summed E-state index contributed by atoms with van der Waals surface area (Å²) in [6, 6.07) is 34.9. The molecule has 52 heavy (non-hydrogen) atoms. The van der Waals surface area contributed by atoms with Crippen LogP contribution in [0.3, 0.4) is 0 Å². The van der Waals surface area contributed by atoms with E-state index in [0.29, 0.717) is 11.0 Å². The Labute approximate surface area is 317 Å². The van der Waals surface area contributed by atoms with Crippen LogP contribution in [0.2, 0.25) is 0 Å². The molecule has 2 aromatic heterocycles. The number of phenolic OH excluding ortho intramolecular Hbond substituents is 2. The van der Waals surface area contributed by atoms with Crippen molar-refractivity contribution < 1.29 is 25.5 Å². The molecule has 5 aromatic carbocycles. The van der Waals surface area contributed by atoms with E-state index in [1.165, 1.54) is 0 Å². The number of para-hydroxylation sites is 2. The molecule has 0 saturated carbocycles. The second kappa shape index (κ2) is 20.3. The number of pyridine rings is 2. The molecule has 0 spiro atoms. The molecular formula is C44H45AlN2O5. The molecule has 0 aliphatic heterocycles. The third-order valence-corrected chi connectivity index (χ3v) is 7.71. The van der Waals surface area contributed by atoms with Crippen LogP contribution in [0.15, 0.2) is 115 Å². The van der Waals surface area contributed by atoms with Gasteiger partial charge < -0.3 is 25.5 Å². The van der Waals surface area contributed by atoms with Crippen molar-refractivity contribution in [3.8, 4) is 28.7 Å². The van der Waals surface area contributed by atoms with Crippen molar-refractivity contribution in [1.82, 2.24) is 9.97 Å². The summed E-state index contributed by atoms with van der Waals surface area (Å²) in [5.74, 6) is 0.896. The predicted molar refractivity (Wildman–Crippen MR) is 208 cm³/mol.